The summed E-state index contributed by atoms with van der Waals surface area (Å²) in [5, 5.41) is 20.2. The van der Waals surface area contributed by atoms with Crippen LogP contribution < -0.4 is 0 Å². The van der Waals surface area contributed by atoms with Crippen LogP contribution in [0.5, 0.6) is 0 Å². The number of pyridine rings is 1. The van der Waals surface area contributed by atoms with E-state index in [2.05, 4.69) is 58.4 Å². The molecule has 0 saturated carbocycles. The summed E-state index contributed by atoms with van der Waals surface area (Å²) < 4.78 is 0. The molecule has 2 heterocycles. The van der Waals surface area contributed by atoms with E-state index in [9.17, 15) is 10.5 Å². The van der Waals surface area contributed by atoms with Crippen LogP contribution in [0.1, 0.15) is 23.1 Å². The zero-order valence-electron chi connectivity index (χ0n) is 15.7. The van der Waals surface area contributed by atoms with Crippen LogP contribution in [0.25, 0.3) is 11.1 Å². The number of rotatable bonds is 3. The largest absolute Gasteiger partial charge is 0.296 e. The predicted octanol–water partition coefficient (Wildman–Crippen LogP) is 4.55. The first-order valence-corrected chi connectivity index (χ1v) is 9.27. The summed E-state index contributed by atoms with van der Waals surface area (Å²) >= 11 is 0. The molecule has 4 nitrogen and oxygen atoms in total. The van der Waals surface area contributed by atoms with Gasteiger partial charge in [-0.3, -0.25) is 9.88 Å². The Morgan fingerprint density at radius 2 is 1.57 bits per heavy atom. The first-order chi connectivity index (χ1) is 13.7. The third-order valence-electron chi connectivity index (χ3n) is 5.68. The average molecular weight is 364 g/mol. The highest BCUT2D eigenvalue weighted by Gasteiger charge is 2.55. The molecule has 136 valence electrons. The minimum Gasteiger partial charge on any atom is -0.296 e. The molecule has 3 aromatic rings. The molecule has 1 aromatic heterocycles. The monoisotopic (exact) mass is 364 g/mol. The molecule has 0 aliphatic carbocycles. The van der Waals surface area contributed by atoms with Gasteiger partial charge in [-0.25, -0.2) is 0 Å². The van der Waals surface area contributed by atoms with Gasteiger partial charge in [0, 0.05) is 24.9 Å². The number of likely N-dealkylation sites (tertiary alicyclic amines) is 1. The SMILES string of the molecule is CN1C[C@@H](c2ccc(-c3ccccc3)cc2)C(C#N)(C#N)[C@H]1c1cccnc1. The lowest BCUT2D eigenvalue weighted by Crippen LogP contribution is -2.30. The van der Waals surface area contributed by atoms with Gasteiger partial charge in [-0.05, 0) is 35.4 Å². The second-order valence-electron chi connectivity index (χ2n) is 7.26. The maximum Gasteiger partial charge on any atom is 0.171 e. The molecule has 0 radical (unpaired) electrons. The van der Waals surface area contributed by atoms with Crippen molar-refractivity contribution in [3.63, 3.8) is 0 Å². The average Bonchev–Trinajstić information content (AvgIpc) is 3.07. The maximum atomic E-state index is 10.1. The van der Waals surface area contributed by atoms with E-state index < -0.39 is 5.41 Å². The number of hydrogen-bond donors (Lipinski definition) is 0. The van der Waals surface area contributed by atoms with Crippen molar-refractivity contribution in [2.75, 3.05) is 13.6 Å². The highest BCUT2D eigenvalue weighted by Crippen LogP contribution is 2.53. The molecule has 0 unspecified atom stereocenters. The summed E-state index contributed by atoms with van der Waals surface area (Å²) in [6.45, 7) is 0.644. The molecule has 1 saturated heterocycles. The van der Waals surface area contributed by atoms with Crippen LogP contribution in [0.15, 0.2) is 79.1 Å². The Hall–Kier alpha value is -3.47. The molecule has 1 aliphatic heterocycles. The molecule has 1 aliphatic rings. The lowest BCUT2D eigenvalue weighted by molar-refractivity contribution is 0.267. The zero-order chi connectivity index (χ0) is 19.6. The Balaban J connectivity index is 1.73. The van der Waals surface area contributed by atoms with Gasteiger partial charge in [-0.15, -0.1) is 0 Å². The van der Waals surface area contributed by atoms with Gasteiger partial charge in [-0.1, -0.05) is 60.7 Å². The van der Waals surface area contributed by atoms with Gasteiger partial charge in [0.15, 0.2) is 5.41 Å². The number of nitrogens with zero attached hydrogens (tertiary/aromatic N) is 4. The van der Waals surface area contributed by atoms with Gasteiger partial charge < -0.3 is 0 Å². The lowest BCUT2D eigenvalue weighted by atomic mass is 9.70. The Kier molecular flexibility index (Phi) is 4.65. The van der Waals surface area contributed by atoms with Crippen molar-refractivity contribution >= 4 is 0 Å². The second-order valence-corrected chi connectivity index (χ2v) is 7.26. The molecule has 4 heteroatoms. The Morgan fingerprint density at radius 1 is 0.893 bits per heavy atom. The van der Waals surface area contributed by atoms with Crippen molar-refractivity contribution in [1.82, 2.24) is 9.88 Å². The van der Waals surface area contributed by atoms with E-state index in [0.717, 1.165) is 22.3 Å². The van der Waals surface area contributed by atoms with Crippen molar-refractivity contribution in [3.8, 4) is 23.3 Å². The second kappa shape index (κ2) is 7.27. The van der Waals surface area contributed by atoms with Crippen LogP contribution in [0, 0.1) is 28.1 Å². The normalized spacial score (nSPS) is 21.0. The van der Waals surface area contributed by atoms with Gasteiger partial charge in [-0.2, -0.15) is 10.5 Å². The summed E-state index contributed by atoms with van der Waals surface area (Å²) in [6.07, 6.45) is 3.46. The minimum atomic E-state index is -1.16. The minimum absolute atomic E-state index is 0.192. The van der Waals surface area contributed by atoms with E-state index in [0.29, 0.717) is 6.54 Å². The number of aromatic nitrogens is 1. The van der Waals surface area contributed by atoms with Gasteiger partial charge in [0.25, 0.3) is 0 Å². The molecule has 1 fully saturated rings. The van der Waals surface area contributed by atoms with Crippen molar-refractivity contribution < 1.29 is 0 Å². The fraction of sp³-hybridized carbons (Fsp3) is 0.208. The third kappa shape index (κ3) is 2.85. The lowest BCUT2D eigenvalue weighted by Gasteiger charge is -2.28. The topological polar surface area (TPSA) is 63.7 Å². The van der Waals surface area contributed by atoms with Crippen LogP contribution in [0.4, 0.5) is 0 Å². The Bertz CT molecular complexity index is 1020. The maximum absolute atomic E-state index is 10.1. The molecular weight excluding hydrogens is 344 g/mol. The Labute approximate surface area is 165 Å². The van der Waals surface area contributed by atoms with E-state index in [-0.39, 0.29) is 12.0 Å². The highest BCUT2D eigenvalue weighted by molar-refractivity contribution is 5.63. The first kappa shape index (κ1) is 17.9. The van der Waals surface area contributed by atoms with E-state index in [1.165, 1.54) is 0 Å². The molecular formula is C24H20N4. The standard InChI is InChI=1S/C24H20N4/c1-28-15-22(20-11-9-19(10-12-20)18-6-3-2-4-7-18)24(16-25,17-26)23(28)21-8-5-13-27-14-21/h2-14,22-23H,15H2,1H3/t22-,23+/m0/s1. The smallest absolute Gasteiger partial charge is 0.171 e. The van der Waals surface area contributed by atoms with Crippen molar-refractivity contribution in [2.45, 2.75) is 12.0 Å². The van der Waals surface area contributed by atoms with Crippen molar-refractivity contribution in [1.29, 1.82) is 10.5 Å². The summed E-state index contributed by atoms with van der Waals surface area (Å²) in [5.74, 6) is -0.192. The van der Waals surface area contributed by atoms with Gasteiger partial charge in [0.05, 0.1) is 18.2 Å². The third-order valence-corrected chi connectivity index (χ3v) is 5.68. The summed E-state index contributed by atoms with van der Waals surface area (Å²) in [5.41, 5.74) is 3.03. The number of benzene rings is 2. The number of likely N-dealkylation sites (N-methyl/N-ethyl adjacent to an activating group) is 1. The summed E-state index contributed by atoms with van der Waals surface area (Å²) in [7, 11) is 1.97. The fourth-order valence-corrected chi connectivity index (χ4v) is 4.34. The van der Waals surface area contributed by atoms with Crippen LogP contribution in [-0.2, 0) is 0 Å². The quantitative estimate of drug-likeness (QED) is 0.684. The molecule has 4 rings (SSSR count). The molecule has 2 aromatic carbocycles. The van der Waals surface area contributed by atoms with E-state index in [1.807, 2.05) is 37.4 Å². The van der Waals surface area contributed by atoms with Crippen LogP contribution in [0.3, 0.4) is 0 Å². The molecule has 0 bridgehead atoms. The van der Waals surface area contributed by atoms with Gasteiger partial charge in [0.1, 0.15) is 0 Å². The fourth-order valence-electron chi connectivity index (χ4n) is 4.34. The van der Waals surface area contributed by atoms with E-state index in [1.54, 1.807) is 12.4 Å². The van der Waals surface area contributed by atoms with Gasteiger partial charge in [0.2, 0.25) is 0 Å². The highest BCUT2D eigenvalue weighted by atomic mass is 15.2. The molecule has 0 amide bonds. The van der Waals surface area contributed by atoms with Gasteiger partial charge >= 0.3 is 0 Å². The summed E-state index contributed by atoms with van der Waals surface area (Å²) in [4.78, 5) is 6.29. The molecule has 0 spiro atoms. The van der Waals surface area contributed by atoms with Crippen molar-refractivity contribution in [2.24, 2.45) is 5.41 Å². The van der Waals surface area contributed by atoms with E-state index in [4.69, 9.17) is 0 Å². The molecule has 0 N–H and O–H groups in total. The van der Waals surface area contributed by atoms with E-state index >= 15 is 0 Å². The number of hydrogen-bond acceptors (Lipinski definition) is 4. The first-order valence-electron chi connectivity index (χ1n) is 9.27. The predicted molar refractivity (Wildman–Crippen MR) is 108 cm³/mol. The van der Waals surface area contributed by atoms with Crippen molar-refractivity contribution in [3.05, 3.63) is 90.3 Å². The zero-order valence-corrected chi connectivity index (χ0v) is 15.7. The number of nitriles is 2. The Morgan fingerprint density at radius 3 is 2.18 bits per heavy atom. The van der Waals surface area contributed by atoms with Crippen LogP contribution >= 0.6 is 0 Å². The summed E-state index contributed by atoms with van der Waals surface area (Å²) in [6, 6.07) is 26.7. The van der Waals surface area contributed by atoms with Crippen LogP contribution in [-0.4, -0.2) is 23.5 Å². The molecule has 2 atom stereocenters. The van der Waals surface area contributed by atoms with Crippen LogP contribution in [0.2, 0.25) is 0 Å². The molecule has 28 heavy (non-hydrogen) atoms.